The number of benzene rings is 2. The SMILES string of the molecule is CC(C)(C)[Si](C)(C)OC(c1ccc(/C=C/c2ccc3ccccc3n2)cc1)C1CCCCC1. The zero-order chi connectivity index (χ0) is 23.5. The lowest BCUT2D eigenvalue weighted by molar-refractivity contribution is 0.0937. The van der Waals surface area contributed by atoms with Crippen LogP contribution in [-0.2, 0) is 4.43 Å². The predicted molar refractivity (Wildman–Crippen MR) is 145 cm³/mol. The van der Waals surface area contributed by atoms with Gasteiger partial charge in [-0.15, -0.1) is 0 Å². The third-order valence-electron chi connectivity index (χ3n) is 7.64. The first-order valence-corrected chi connectivity index (χ1v) is 15.5. The summed E-state index contributed by atoms with van der Waals surface area (Å²) in [6.45, 7) is 11.8. The summed E-state index contributed by atoms with van der Waals surface area (Å²) >= 11 is 0. The van der Waals surface area contributed by atoms with Crippen LogP contribution < -0.4 is 0 Å². The second-order valence-electron chi connectivity index (χ2n) is 11.1. The van der Waals surface area contributed by atoms with Crippen molar-refractivity contribution in [3.8, 4) is 0 Å². The number of rotatable bonds is 6. The van der Waals surface area contributed by atoms with Crippen molar-refractivity contribution in [3.63, 3.8) is 0 Å². The molecule has 3 heteroatoms. The molecule has 33 heavy (non-hydrogen) atoms. The largest absolute Gasteiger partial charge is 0.410 e. The molecule has 1 fully saturated rings. The van der Waals surface area contributed by atoms with Crippen LogP contribution in [0.1, 0.15) is 75.8 Å². The fourth-order valence-corrected chi connectivity index (χ4v) is 5.84. The lowest BCUT2D eigenvalue weighted by Gasteiger charge is -2.42. The zero-order valence-corrected chi connectivity index (χ0v) is 22.0. The summed E-state index contributed by atoms with van der Waals surface area (Å²) < 4.78 is 7.05. The molecule has 2 aromatic carbocycles. The minimum absolute atomic E-state index is 0.214. The molecule has 0 spiro atoms. The maximum Gasteiger partial charge on any atom is 0.192 e. The van der Waals surface area contributed by atoms with E-state index in [1.165, 1.54) is 48.6 Å². The van der Waals surface area contributed by atoms with Gasteiger partial charge in [0.25, 0.3) is 0 Å². The van der Waals surface area contributed by atoms with E-state index in [2.05, 4.69) is 101 Å². The normalized spacial score (nSPS) is 17.0. The average molecular weight is 458 g/mol. The molecule has 1 heterocycles. The highest BCUT2D eigenvalue weighted by molar-refractivity contribution is 6.74. The van der Waals surface area contributed by atoms with Crippen LogP contribution in [0, 0.1) is 5.92 Å². The Morgan fingerprint density at radius 3 is 2.27 bits per heavy atom. The van der Waals surface area contributed by atoms with E-state index in [-0.39, 0.29) is 11.1 Å². The molecule has 1 saturated carbocycles. The van der Waals surface area contributed by atoms with Crippen LogP contribution in [0.4, 0.5) is 0 Å². The lowest BCUT2D eigenvalue weighted by Crippen LogP contribution is -2.43. The summed E-state index contributed by atoms with van der Waals surface area (Å²) in [5, 5.41) is 1.39. The van der Waals surface area contributed by atoms with Gasteiger partial charge in [0.2, 0.25) is 0 Å². The van der Waals surface area contributed by atoms with Gasteiger partial charge in [-0.3, -0.25) is 0 Å². The standard InChI is InChI=1S/C30H39NOSi/c1-30(2,3)33(4,5)32-29(25-12-7-6-8-13-25)26-18-15-23(16-19-26)17-21-27-22-20-24-11-9-10-14-28(24)31-27/h9-11,14-22,25,29H,6-8,12-13H2,1-5H3/b21-17+. The van der Waals surface area contributed by atoms with Gasteiger partial charge in [-0.05, 0) is 66.2 Å². The Kier molecular flexibility index (Phi) is 7.21. The minimum Gasteiger partial charge on any atom is -0.410 e. The Bertz CT molecular complexity index is 1090. The van der Waals surface area contributed by atoms with Crippen molar-refractivity contribution in [1.29, 1.82) is 0 Å². The van der Waals surface area contributed by atoms with Crippen molar-refractivity contribution in [2.24, 2.45) is 5.92 Å². The van der Waals surface area contributed by atoms with Crippen molar-refractivity contribution in [2.75, 3.05) is 0 Å². The Morgan fingerprint density at radius 1 is 0.879 bits per heavy atom. The smallest absolute Gasteiger partial charge is 0.192 e. The second-order valence-corrected chi connectivity index (χ2v) is 15.9. The molecule has 1 aliphatic rings. The molecule has 2 nitrogen and oxygen atoms in total. The van der Waals surface area contributed by atoms with E-state index in [1.54, 1.807) is 0 Å². The van der Waals surface area contributed by atoms with E-state index < -0.39 is 8.32 Å². The third-order valence-corrected chi connectivity index (χ3v) is 12.1. The fraction of sp³-hybridized carbons (Fsp3) is 0.433. The molecule has 0 bridgehead atoms. The molecule has 1 aromatic heterocycles. The molecule has 1 atom stereocenters. The fourth-order valence-electron chi connectivity index (χ4n) is 4.52. The van der Waals surface area contributed by atoms with Gasteiger partial charge in [0.05, 0.1) is 17.3 Å². The van der Waals surface area contributed by atoms with E-state index >= 15 is 0 Å². The Balaban J connectivity index is 1.54. The average Bonchev–Trinajstić information content (AvgIpc) is 2.81. The monoisotopic (exact) mass is 457 g/mol. The first-order valence-electron chi connectivity index (χ1n) is 12.5. The summed E-state index contributed by atoms with van der Waals surface area (Å²) in [5.74, 6) is 0.635. The maximum absolute atomic E-state index is 7.05. The van der Waals surface area contributed by atoms with Gasteiger partial charge in [-0.2, -0.15) is 0 Å². The van der Waals surface area contributed by atoms with Crippen molar-refractivity contribution in [1.82, 2.24) is 4.98 Å². The van der Waals surface area contributed by atoms with Crippen molar-refractivity contribution in [3.05, 3.63) is 77.5 Å². The van der Waals surface area contributed by atoms with E-state index in [0.29, 0.717) is 5.92 Å². The van der Waals surface area contributed by atoms with Crippen LogP contribution in [-0.4, -0.2) is 13.3 Å². The molecular weight excluding hydrogens is 418 g/mol. The number of aromatic nitrogens is 1. The molecule has 3 aromatic rings. The molecule has 0 N–H and O–H groups in total. The zero-order valence-electron chi connectivity index (χ0n) is 21.0. The van der Waals surface area contributed by atoms with E-state index in [9.17, 15) is 0 Å². The van der Waals surface area contributed by atoms with Gasteiger partial charge < -0.3 is 4.43 Å². The number of nitrogens with zero attached hydrogens (tertiary/aromatic N) is 1. The number of pyridine rings is 1. The van der Waals surface area contributed by atoms with Crippen LogP contribution in [0.3, 0.4) is 0 Å². The second kappa shape index (κ2) is 9.95. The number of para-hydroxylation sites is 1. The van der Waals surface area contributed by atoms with Gasteiger partial charge in [-0.25, -0.2) is 4.98 Å². The van der Waals surface area contributed by atoms with E-state index in [4.69, 9.17) is 9.41 Å². The van der Waals surface area contributed by atoms with Crippen LogP contribution in [0.5, 0.6) is 0 Å². The van der Waals surface area contributed by atoms with Gasteiger partial charge in [0, 0.05) is 5.39 Å². The summed E-state index contributed by atoms with van der Waals surface area (Å²) in [7, 11) is -1.85. The summed E-state index contributed by atoms with van der Waals surface area (Å²) in [5.41, 5.74) is 4.56. The number of fused-ring (bicyclic) bond motifs is 1. The van der Waals surface area contributed by atoms with Crippen molar-refractivity contribution in [2.45, 2.75) is 77.1 Å². The highest BCUT2D eigenvalue weighted by Crippen LogP contribution is 2.44. The van der Waals surface area contributed by atoms with Gasteiger partial charge in [0.1, 0.15) is 0 Å². The molecule has 0 aliphatic heterocycles. The molecule has 4 rings (SSSR count). The third kappa shape index (κ3) is 5.83. The highest BCUT2D eigenvalue weighted by Gasteiger charge is 2.41. The first kappa shape index (κ1) is 23.9. The Morgan fingerprint density at radius 2 is 1.58 bits per heavy atom. The maximum atomic E-state index is 7.05. The van der Waals surface area contributed by atoms with Gasteiger partial charge in [-0.1, -0.05) is 94.6 Å². The topological polar surface area (TPSA) is 22.1 Å². The Labute approximate surface area is 201 Å². The lowest BCUT2D eigenvalue weighted by atomic mass is 9.82. The molecule has 0 amide bonds. The molecule has 174 valence electrons. The molecular formula is C30H39NOSi. The van der Waals surface area contributed by atoms with Crippen LogP contribution in [0.25, 0.3) is 23.1 Å². The molecule has 0 radical (unpaired) electrons. The minimum atomic E-state index is -1.85. The number of hydrogen-bond acceptors (Lipinski definition) is 2. The van der Waals surface area contributed by atoms with E-state index in [1.807, 2.05) is 6.07 Å². The number of hydrogen-bond donors (Lipinski definition) is 0. The summed E-state index contributed by atoms with van der Waals surface area (Å²) in [6, 6.07) is 21.5. The molecule has 1 aliphatic carbocycles. The van der Waals surface area contributed by atoms with Crippen molar-refractivity contribution < 1.29 is 4.43 Å². The summed E-state index contributed by atoms with van der Waals surface area (Å²) in [4.78, 5) is 4.76. The van der Waals surface area contributed by atoms with Crippen LogP contribution >= 0.6 is 0 Å². The van der Waals surface area contributed by atoms with Crippen LogP contribution in [0.15, 0.2) is 60.7 Å². The predicted octanol–water partition coefficient (Wildman–Crippen LogP) is 9.05. The molecule has 0 saturated heterocycles. The van der Waals surface area contributed by atoms with Gasteiger partial charge >= 0.3 is 0 Å². The van der Waals surface area contributed by atoms with E-state index in [0.717, 1.165) is 11.2 Å². The first-order chi connectivity index (χ1) is 15.7. The highest BCUT2D eigenvalue weighted by atomic mass is 28.4. The molecule has 1 unspecified atom stereocenters. The van der Waals surface area contributed by atoms with Crippen molar-refractivity contribution >= 4 is 31.4 Å². The Hall–Kier alpha value is -2.23. The summed E-state index contributed by atoms with van der Waals surface area (Å²) in [6.07, 6.45) is 11.1. The van der Waals surface area contributed by atoms with Gasteiger partial charge in [0.15, 0.2) is 8.32 Å². The quantitative estimate of drug-likeness (QED) is 0.344. The van der Waals surface area contributed by atoms with Crippen LogP contribution in [0.2, 0.25) is 18.1 Å².